The smallest absolute Gasteiger partial charge is 0.254 e. The molecule has 2 bridgehead atoms. The van der Waals surface area contributed by atoms with Gasteiger partial charge in [0.05, 0.1) is 38.5 Å². The minimum atomic E-state index is -0.877. The highest BCUT2D eigenvalue weighted by Gasteiger charge is 2.57. The van der Waals surface area contributed by atoms with Crippen LogP contribution in [0.2, 0.25) is 0 Å². The third-order valence-electron chi connectivity index (χ3n) is 13.6. The summed E-state index contributed by atoms with van der Waals surface area (Å²) in [6.07, 6.45) is 9.97. The zero-order valence-corrected chi connectivity index (χ0v) is 34.5. The summed E-state index contributed by atoms with van der Waals surface area (Å²) >= 11 is 0. The van der Waals surface area contributed by atoms with Gasteiger partial charge in [-0.2, -0.15) is 5.06 Å². The highest BCUT2D eigenvalue weighted by Crippen LogP contribution is 2.61. The second kappa shape index (κ2) is 16.0. The Kier molecular flexibility index (Phi) is 12.2. The van der Waals surface area contributed by atoms with Crippen LogP contribution in [-0.2, 0) is 23.9 Å². The lowest BCUT2D eigenvalue weighted by Gasteiger charge is -2.62. The van der Waals surface area contributed by atoms with Gasteiger partial charge in [-0.3, -0.25) is 14.4 Å². The van der Waals surface area contributed by atoms with Crippen molar-refractivity contribution < 1.29 is 34.1 Å². The van der Waals surface area contributed by atoms with Crippen LogP contribution in [0.5, 0.6) is 0 Å². The van der Waals surface area contributed by atoms with E-state index in [9.17, 15) is 19.8 Å². The van der Waals surface area contributed by atoms with Crippen molar-refractivity contribution in [1.82, 2.24) is 20.6 Å². The first kappa shape index (κ1) is 40.9. The molecule has 302 valence electrons. The van der Waals surface area contributed by atoms with Crippen LogP contribution in [0.4, 0.5) is 0 Å². The van der Waals surface area contributed by atoms with Crippen LogP contribution in [0.15, 0.2) is 46.5 Å². The molecule has 7 aliphatic rings. The van der Waals surface area contributed by atoms with Gasteiger partial charge in [0.1, 0.15) is 23.7 Å². The lowest BCUT2D eigenvalue weighted by Crippen LogP contribution is -2.62. The molecule has 2 unspecified atom stereocenters. The number of rotatable bonds is 13. The van der Waals surface area contributed by atoms with Gasteiger partial charge >= 0.3 is 0 Å². The van der Waals surface area contributed by atoms with Gasteiger partial charge in [-0.25, -0.2) is 0 Å². The Morgan fingerprint density at radius 1 is 1.20 bits per heavy atom. The minimum absolute atomic E-state index is 0.00603. The van der Waals surface area contributed by atoms with Gasteiger partial charge in [0.15, 0.2) is 0 Å². The lowest BCUT2D eigenvalue weighted by atomic mass is 9.45. The van der Waals surface area contributed by atoms with Crippen LogP contribution >= 0.6 is 0 Å². The Bertz CT molecular complexity index is 1540. The first-order chi connectivity index (χ1) is 25.4. The predicted molar refractivity (Wildman–Crippen MR) is 208 cm³/mol. The van der Waals surface area contributed by atoms with E-state index in [1.165, 1.54) is 12.0 Å². The summed E-state index contributed by atoms with van der Waals surface area (Å²) in [5, 5.41) is 29.7. The molecular formula is C43H68N4O7. The SMILES string of the molecule is COC1=C(CN2O[C@@H](CO)[C@@H]([C@H](C)O)[C@H]2C(=O)N[C@H]2C[C@H]3C[C@@H]([C@@H]2C)C3(C)C)C=CCC1C1C=C(C(=O)N[C@H](CN(C)C)CC(C)(C)C)C2=C(CCO2)C1. The molecule has 0 aromatic heterocycles. The van der Waals surface area contributed by atoms with Crippen LogP contribution in [0.25, 0.3) is 0 Å². The van der Waals surface area contributed by atoms with Gasteiger partial charge in [0.2, 0.25) is 5.91 Å². The normalized spacial score (nSPS) is 34.5. The second-order valence-electron chi connectivity index (χ2n) is 19.2. The molecule has 1 saturated heterocycles. The van der Waals surface area contributed by atoms with E-state index in [-0.39, 0.29) is 54.3 Å². The standard InChI is InChI=1S/C43H68N4O7/c1-24-33-18-29(43(33,6)7)19-34(24)45-41(51)37-36(25(2)49)35(23-48)54-47(37)21-27-12-11-13-31(38(27)52-10)28-16-26-14-15-53-39(26)32(17-28)40(50)44-30(22-46(8)9)20-42(3,4)5/h11-12,17,24-25,28-31,33-37,48-49H,13-16,18-23H2,1-10H3,(H,44,50)(H,45,51)/t24-,25-,28?,29+,30-,31?,33-,34-,35-,36+,37-/m0/s1. The molecule has 5 aliphatic carbocycles. The maximum atomic E-state index is 14.3. The number of carbonyl (C=O) groups is 2. The quantitative estimate of drug-likeness (QED) is 0.211. The van der Waals surface area contributed by atoms with E-state index in [1.54, 1.807) is 19.1 Å². The van der Waals surface area contributed by atoms with Gasteiger partial charge in [-0.05, 0) is 93.2 Å². The third-order valence-corrected chi connectivity index (χ3v) is 13.6. The number of nitrogens with zero attached hydrogens (tertiary/aromatic N) is 2. The highest BCUT2D eigenvalue weighted by atomic mass is 16.7. The average molecular weight is 753 g/mol. The molecule has 3 saturated carbocycles. The summed E-state index contributed by atoms with van der Waals surface area (Å²) in [7, 11) is 5.74. The number of allylic oxidation sites excluding steroid dienone is 3. The summed E-state index contributed by atoms with van der Waals surface area (Å²) in [5.74, 6) is 2.09. The highest BCUT2D eigenvalue weighted by molar-refractivity contribution is 5.98. The molecule has 0 aromatic rings. The third kappa shape index (κ3) is 8.22. The van der Waals surface area contributed by atoms with Gasteiger partial charge < -0.3 is 35.2 Å². The average Bonchev–Trinajstić information content (AvgIpc) is 3.72. The van der Waals surface area contributed by atoms with E-state index in [1.807, 2.05) is 20.2 Å². The molecule has 0 radical (unpaired) electrons. The number of amides is 2. The number of hydroxylamine groups is 2. The van der Waals surface area contributed by atoms with Crippen molar-refractivity contribution >= 4 is 11.8 Å². The topological polar surface area (TPSA) is 133 Å². The first-order valence-corrected chi connectivity index (χ1v) is 20.4. The molecule has 7 rings (SSSR count). The van der Waals surface area contributed by atoms with Crippen molar-refractivity contribution in [2.75, 3.05) is 47.5 Å². The largest absolute Gasteiger partial charge is 0.500 e. The Hall–Kier alpha value is -2.70. The van der Waals surface area contributed by atoms with E-state index in [0.29, 0.717) is 35.3 Å². The number of fused-ring (bicyclic) bond motifs is 2. The Morgan fingerprint density at radius 3 is 2.56 bits per heavy atom. The first-order valence-electron chi connectivity index (χ1n) is 20.4. The van der Waals surface area contributed by atoms with Crippen molar-refractivity contribution in [2.24, 2.45) is 46.3 Å². The Balaban J connectivity index is 1.24. The monoisotopic (exact) mass is 753 g/mol. The number of likely N-dealkylation sites (N-methyl/N-ethyl adjacent to an activating group) is 1. The molecular weight excluding hydrogens is 684 g/mol. The van der Waals surface area contributed by atoms with Crippen molar-refractivity contribution in [2.45, 2.75) is 117 Å². The number of hydrogen-bond acceptors (Lipinski definition) is 9. The van der Waals surface area contributed by atoms with Crippen LogP contribution in [0.3, 0.4) is 0 Å². The molecule has 4 N–H and O–H groups in total. The maximum absolute atomic E-state index is 14.3. The number of ether oxygens (including phenoxy) is 2. The molecule has 11 heteroatoms. The fourth-order valence-electron chi connectivity index (χ4n) is 10.8. The maximum Gasteiger partial charge on any atom is 0.254 e. The zero-order chi connectivity index (χ0) is 39.3. The number of nitrogens with one attached hydrogen (secondary N) is 2. The zero-order valence-electron chi connectivity index (χ0n) is 34.5. The fraction of sp³-hybridized carbons (Fsp3) is 0.767. The summed E-state index contributed by atoms with van der Waals surface area (Å²) in [6.45, 7) is 16.4. The summed E-state index contributed by atoms with van der Waals surface area (Å²) < 4.78 is 12.3. The van der Waals surface area contributed by atoms with Gasteiger partial charge in [0, 0.05) is 42.5 Å². The molecule has 11 atom stereocenters. The van der Waals surface area contributed by atoms with E-state index >= 15 is 0 Å². The number of aliphatic hydroxyl groups is 2. The summed E-state index contributed by atoms with van der Waals surface area (Å²) in [5.41, 5.74) is 2.99. The van der Waals surface area contributed by atoms with Crippen LogP contribution in [-0.4, -0.2) is 110 Å². The summed E-state index contributed by atoms with van der Waals surface area (Å²) in [6, 6.07) is -0.756. The van der Waals surface area contributed by atoms with Crippen LogP contribution in [0.1, 0.15) is 87.0 Å². The van der Waals surface area contributed by atoms with Gasteiger partial charge in [0.25, 0.3) is 5.91 Å². The van der Waals surface area contributed by atoms with Crippen molar-refractivity contribution in [1.29, 1.82) is 0 Å². The van der Waals surface area contributed by atoms with E-state index in [4.69, 9.17) is 14.3 Å². The number of methoxy groups -OCH3 is 1. The Morgan fingerprint density at radius 2 is 1.94 bits per heavy atom. The molecule has 2 heterocycles. The van der Waals surface area contributed by atoms with Crippen molar-refractivity contribution in [3.8, 4) is 0 Å². The molecule has 54 heavy (non-hydrogen) atoms. The fourth-order valence-corrected chi connectivity index (χ4v) is 10.8. The molecule has 0 aromatic carbocycles. The van der Waals surface area contributed by atoms with Crippen LogP contribution in [0, 0.1) is 46.3 Å². The van der Waals surface area contributed by atoms with Crippen molar-refractivity contribution in [3.63, 3.8) is 0 Å². The number of aliphatic hydroxyl groups excluding tert-OH is 2. The molecule has 4 fully saturated rings. The Labute approximate surface area is 323 Å². The predicted octanol–water partition coefficient (Wildman–Crippen LogP) is 4.73. The molecule has 2 aliphatic heterocycles. The van der Waals surface area contributed by atoms with E-state index < -0.39 is 24.2 Å². The second-order valence-corrected chi connectivity index (χ2v) is 19.2. The van der Waals surface area contributed by atoms with Crippen molar-refractivity contribution in [3.05, 3.63) is 46.5 Å². The number of hydrogen-bond donors (Lipinski definition) is 4. The molecule has 0 spiro atoms. The lowest BCUT2D eigenvalue weighted by molar-refractivity contribution is -0.173. The van der Waals surface area contributed by atoms with Gasteiger partial charge in [-0.1, -0.05) is 59.8 Å². The molecule has 11 nitrogen and oxygen atoms in total. The number of carbonyl (C=O) groups excluding carboxylic acids is 2. The van der Waals surface area contributed by atoms with Crippen LogP contribution < -0.4 is 10.6 Å². The molecule has 2 amide bonds. The minimum Gasteiger partial charge on any atom is -0.500 e. The van der Waals surface area contributed by atoms with E-state index in [2.05, 4.69) is 69.2 Å². The van der Waals surface area contributed by atoms with E-state index in [0.717, 1.165) is 55.7 Å². The van der Waals surface area contributed by atoms with Gasteiger partial charge in [-0.15, -0.1) is 0 Å². The summed E-state index contributed by atoms with van der Waals surface area (Å²) in [4.78, 5) is 36.8.